The van der Waals surface area contributed by atoms with E-state index in [2.05, 4.69) is 36.7 Å². The van der Waals surface area contributed by atoms with Crippen LogP contribution < -0.4 is 15.4 Å². The standard InChI is InChI=1S/C18H25BrN4O2/c1-12(24-17-8-6-5-7-16(17)19)11-22-18(20-4)21-10-9-15-13(2)23-25-14(15)3/h5-8,12H,9-11H2,1-4H3,(H2,20,21,22). The lowest BCUT2D eigenvalue weighted by atomic mass is 10.1. The Kier molecular flexibility index (Phi) is 7.31. The molecule has 0 aliphatic heterocycles. The van der Waals surface area contributed by atoms with E-state index in [9.17, 15) is 0 Å². The van der Waals surface area contributed by atoms with Gasteiger partial charge >= 0.3 is 0 Å². The number of halogens is 1. The number of guanidine groups is 1. The molecule has 1 unspecified atom stereocenters. The number of hydrogen-bond donors (Lipinski definition) is 2. The number of aliphatic imine (C=N–C) groups is 1. The minimum absolute atomic E-state index is 0.000173. The summed E-state index contributed by atoms with van der Waals surface area (Å²) in [7, 11) is 1.75. The van der Waals surface area contributed by atoms with Crippen molar-refractivity contribution in [3.05, 3.63) is 45.8 Å². The molecule has 6 nitrogen and oxygen atoms in total. The summed E-state index contributed by atoms with van der Waals surface area (Å²) in [6.45, 7) is 7.31. The number of nitrogens with one attached hydrogen (secondary N) is 2. The number of nitrogens with zero attached hydrogens (tertiary/aromatic N) is 2. The molecule has 0 radical (unpaired) electrons. The van der Waals surface area contributed by atoms with Crippen LogP contribution in [0.15, 0.2) is 38.3 Å². The summed E-state index contributed by atoms with van der Waals surface area (Å²) in [5.74, 6) is 2.45. The van der Waals surface area contributed by atoms with Gasteiger partial charge in [0, 0.05) is 19.2 Å². The van der Waals surface area contributed by atoms with E-state index in [1.54, 1.807) is 7.05 Å². The molecule has 2 rings (SSSR count). The van der Waals surface area contributed by atoms with Crippen molar-refractivity contribution in [1.29, 1.82) is 0 Å². The van der Waals surface area contributed by atoms with E-state index in [4.69, 9.17) is 9.26 Å². The Hall–Kier alpha value is -2.02. The Balaban J connectivity index is 1.75. The lowest BCUT2D eigenvalue weighted by Crippen LogP contribution is -2.42. The summed E-state index contributed by atoms with van der Waals surface area (Å²) in [5.41, 5.74) is 2.09. The first kappa shape index (κ1) is 19.3. The van der Waals surface area contributed by atoms with Crippen LogP contribution >= 0.6 is 15.9 Å². The smallest absolute Gasteiger partial charge is 0.191 e. The molecular formula is C18H25BrN4O2. The van der Waals surface area contributed by atoms with Gasteiger partial charge in [-0.05, 0) is 55.3 Å². The second-order valence-electron chi connectivity index (χ2n) is 5.79. The summed E-state index contributed by atoms with van der Waals surface area (Å²) in [6, 6.07) is 7.82. The molecule has 0 bridgehead atoms. The highest BCUT2D eigenvalue weighted by molar-refractivity contribution is 9.10. The van der Waals surface area contributed by atoms with Gasteiger partial charge in [-0.2, -0.15) is 0 Å². The van der Waals surface area contributed by atoms with Crippen LogP contribution in [0, 0.1) is 13.8 Å². The fraction of sp³-hybridized carbons (Fsp3) is 0.444. The van der Waals surface area contributed by atoms with Gasteiger partial charge in [-0.25, -0.2) is 0 Å². The normalized spacial score (nSPS) is 12.8. The predicted octanol–water partition coefficient (Wildman–Crippen LogP) is 3.23. The van der Waals surface area contributed by atoms with Gasteiger partial charge in [-0.3, -0.25) is 4.99 Å². The van der Waals surface area contributed by atoms with E-state index < -0.39 is 0 Å². The van der Waals surface area contributed by atoms with Gasteiger partial charge in [0.1, 0.15) is 17.6 Å². The number of aryl methyl sites for hydroxylation is 2. The molecule has 136 valence electrons. The first-order chi connectivity index (χ1) is 12.0. The molecule has 0 saturated heterocycles. The molecule has 2 N–H and O–H groups in total. The molecular weight excluding hydrogens is 384 g/mol. The monoisotopic (exact) mass is 408 g/mol. The largest absolute Gasteiger partial charge is 0.488 e. The van der Waals surface area contributed by atoms with Crippen molar-refractivity contribution in [2.45, 2.75) is 33.3 Å². The van der Waals surface area contributed by atoms with Gasteiger partial charge in [0.05, 0.1) is 16.7 Å². The van der Waals surface area contributed by atoms with Crippen molar-refractivity contribution in [3.63, 3.8) is 0 Å². The Labute approximate surface area is 157 Å². The SMILES string of the molecule is CN=C(NCCc1c(C)noc1C)NCC(C)Oc1ccccc1Br. The van der Waals surface area contributed by atoms with Crippen molar-refractivity contribution in [2.75, 3.05) is 20.1 Å². The van der Waals surface area contributed by atoms with Crippen molar-refractivity contribution < 1.29 is 9.26 Å². The van der Waals surface area contributed by atoms with Gasteiger partial charge in [0.25, 0.3) is 0 Å². The third-order valence-corrected chi connectivity index (χ3v) is 4.45. The molecule has 7 heteroatoms. The van der Waals surface area contributed by atoms with E-state index in [1.807, 2.05) is 45.0 Å². The number of ether oxygens (including phenoxy) is 1. The molecule has 1 atom stereocenters. The lowest BCUT2D eigenvalue weighted by molar-refractivity contribution is 0.222. The lowest BCUT2D eigenvalue weighted by Gasteiger charge is -2.18. The highest BCUT2D eigenvalue weighted by Crippen LogP contribution is 2.24. The fourth-order valence-corrected chi connectivity index (χ4v) is 2.80. The molecule has 0 amide bonds. The van der Waals surface area contributed by atoms with Crippen LogP contribution in [0.2, 0.25) is 0 Å². The highest BCUT2D eigenvalue weighted by atomic mass is 79.9. The number of benzene rings is 1. The molecule has 2 aromatic rings. The van der Waals surface area contributed by atoms with Gasteiger partial charge in [-0.1, -0.05) is 17.3 Å². The quantitative estimate of drug-likeness (QED) is 0.543. The van der Waals surface area contributed by atoms with Crippen molar-refractivity contribution in [1.82, 2.24) is 15.8 Å². The van der Waals surface area contributed by atoms with E-state index >= 15 is 0 Å². The number of rotatable bonds is 7. The molecule has 0 aliphatic rings. The van der Waals surface area contributed by atoms with Crippen LogP contribution in [-0.4, -0.2) is 37.4 Å². The zero-order valence-electron chi connectivity index (χ0n) is 15.1. The minimum Gasteiger partial charge on any atom is -0.488 e. The first-order valence-electron chi connectivity index (χ1n) is 8.28. The number of hydrogen-bond acceptors (Lipinski definition) is 4. The number of para-hydroxylation sites is 1. The molecule has 25 heavy (non-hydrogen) atoms. The van der Waals surface area contributed by atoms with Crippen LogP contribution in [0.25, 0.3) is 0 Å². The Morgan fingerprint density at radius 2 is 2.08 bits per heavy atom. The van der Waals surface area contributed by atoms with Crippen molar-refractivity contribution in [2.24, 2.45) is 4.99 Å². The second kappa shape index (κ2) is 9.46. The Morgan fingerprint density at radius 1 is 1.32 bits per heavy atom. The van der Waals surface area contributed by atoms with E-state index in [0.29, 0.717) is 6.54 Å². The molecule has 0 saturated carbocycles. The fourth-order valence-electron chi connectivity index (χ4n) is 2.42. The van der Waals surface area contributed by atoms with Crippen LogP contribution in [0.4, 0.5) is 0 Å². The van der Waals surface area contributed by atoms with Gasteiger partial charge < -0.3 is 19.9 Å². The summed E-state index contributed by atoms with van der Waals surface area (Å²) in [5, 5.41) is 10.5. The summed E-state index contributed by atoms with van der Waals surface area (Å²) < 4.78 is 12.1. The Morgan fingerprint density at radius 3 is 2.72 bits per heavy atom. The van der Waals surface area contributed by atoms with Crippen molar-refractivity contribution >= 4 is 21.9 Å². The third kappa shape index (κ3) is 5.77. The van der Waals surface area contributed by atoms with Gasteiger partial charge in [-0.15, -0.1) is 0 Å². The molecule has 0 fully saturated rings. The van der Waals surface area contributed by atoms with Crippen LogP contribution in [-0.2, 0) is 6.42 Å². The maximum atomic E-state index is 5.92. The molecule has 1 aromatic carbocycles. The maximum absolute atomic E-state index is 5.92. The van der Waals surface area contributed by atoms with Gasteiger partial charge in [0.15, 0.2) is 5.96 Å². The first-order valence-corrected chi connectivity index (χ1v) is 9.08. The van der Waals surface area contributed by atoms with Crippen LogP contribution in [0.5, 0.6) is 5.75 Å². The number of aromatic nitrogens is 1. The van der Waals surface area contributed by atoms with E-state index in [-0.39, 0.29) is 6.10 Å². The highest BCUT2D eigenvalue weighted by Gasteiger charge is 2.10. The summed E-state index contributed by atoms with van der Waals surface area (Å²) in [4.78, 5) is 4.24. The zero-order chi connectivity index (χ0) is 18.2. The van der Waals surface area contributed by atoms with Crippen LogP contribution in [0.1, 0.15) is 23.9 Å². The Bertz CT molecular complexity index is 695. The molecule has 0 spiro atoms. The predicted molar refractivity (Wildman–Crippen MR) is 103 cm³/mol. The maximum Gasteiger partial charge on any atom is 0.191 e. The second-order valence-corrected chi connectivity index (χ2v) is 6.65. The molecule has 1 aromatic heterocycles. The zero-order valence-corrected chi connectivity index (χ0v) is 16.7. The van der Waals surface area contributed by atoms with Gasteiger partial charge in [0.2, 0.25) is 0 Å². The summed E-state index contributed by atoms with van der Waals surface area (Å²) >= 11 is 3.49. The average Bonchev–Trinajstić information content (AvgIpc) is 2.91. The average molecular weight is 409 g/mol. The third-order valence-electron chi connectivity index (χ3n) is 3.79. The minimum atomic E-state index is -0.000173. The van der Waals surface area contributed by atoms with Crippen LogP contribution in [0.3, 0.4) is 0 Å². The molecule has 0 aliphatic carbocycles. The van der Waals surface area contributed by atoms with Crippen molar-refractivity contribution in [3.8, 4) is 5.75 Å². The molecule has 1 heterocycles. The topological polar surface area (TPSA) is 71.7 Å². The van der Waals surface area contributed by atoms with E-state index in [1.165, 1.54) is 0 Å². The van der Waals surface area contributed by atoms with E-state index in [0.717, 1.165) is 46.2 Å². The summed E-state index contributed by atoms with van der Waals surface area (Å²) in [6.07, 6.45) is 0.838.